The van der Waals surface area contributed by atoms with Gasteiger partial charge in [-0.05, 0) is 30.5 Å². The van der Waals surface area contributed by atoms with E-state index in [1.165, 1.54) is 5.56 Å². The monoisotopic (exact) mass is 316 g/mol. The van der Waals surface area contributed by atoms with Crippen LogP contribution in [0.3, 0.4) is 0 Å². The highest BCUT2D eigenvalue weighted by Gasteiger charge is 2.35. The average Bonchev–Trinajstić information content (AvgIpc) is 3.18. The van der Waals surface area contributed by atoms with E-state index in [1.54, 1.807) is 20.5 Å². The fraction of sp³-hybridized carbons (Fsp3) is 0.529. The minimum atomic E-state index is 0.257. The highest BCUT2D eigenvalue weighted by atomic mass is 16.5. The molecular formula is C17H24N4O2. The first-order chi connectivity index (χ1) is 11.2. The van der Waals surface area contributed by atoms with Crippen molar-refractivity contribution in [3.8, 4) is 5.75 Å². The molecule has 2 aromatic rings. The van der Waals surface area contributed by atoms with E-state index in [0.717, 1.165) is 37.5 Å². The molecule has 1 fully saturated rings. The Bertz CT molecular complexity index is 626. The van der Waals surface area contributed by atoms with Crippen LogP contribution in [0.4, 0.5) is 0 Å². The van der Waals surface area contributed by atoms with Crippen LogP contribution in [-0.4, -0.2) is 53.1 Å². The molecule has 0 aliphatic carbocycles. The van der Waals surface area contributed by atoms with Crippen molar-refractivity contribution in [3.05, 3.63) is 42.0 Å². The summed E-state index contributed by atoms with van der Waals surface area (Å²) in [6.45, 7) is 1.91. The van der Waals surface area contributed by atoms with Crippen molar-refractivity contribution in [3.63, 3.8) is 0 Å². The van der Waals surface area contributed by atoms with Crippen LogP contribution >= 0.6 is 0 Å². The molecule has 2 heterocycles. The van der Waals surface area contributed by atoms with Crippen molar-refractivity contribution >= 4 is 0 Å². The molecule has 0 radical (unpaired) electrons. The van der Waals surface area contributed by atoms with E-state index < -0.39 is 0 Å². The van der Waals surface area contributed by atoms with Gasteiger partial charge in [0.05, 0.1) is 19.3 Å². The Labute approximate surface area is 137 Å². The first-order valence-electron chi connectivity index (χ1n) is 7.95. The Kier molecular flexibility index (Phi) is 4.93. The van der Waals surface area contributed by atoms with Crippen molar-refractivity contribution in [1.29, 1.82) is 0 Å². The molecule has 0 amide bonds. The number of benzene rings is 1. The van der Waals surface area contributed by atoms with Gasteiger partial charge in [0.2, 0.25) is 0 Å². The molecule has 6 heteroatoms. The summed E-state index contributed by atoms with van der Waals surface area (Å²) < 4.78 is 12.8. The second kappa shape index (κ2) is 7.10. The standard InChI is InChI=1S/C17H24N4O2/c1-20-12-18-19-17(20)16-10-15(23-3)11-21(16)9-8-13-4-6-14(22-2)7-5-13/h4-7,12,15-16H,8-11H2,1-3H3/t15-,16+/m1/s1. The molecule has 1 aromatic carbocycles. The van der Waals surface area contributed by atoms with Crippen LogP contribution < -0.4 is 4.74 Å². The number of nitrogens with zero attached hydrogens (tertiary/aromatic N) is 4. The highest BCUT2D eigenvalue weighted by Crippen LogP contribution is 2.32. The molecule has 124 valence electrons. The largest absolute Gasteiger partial charge is 0.497 e. The van der Waals surface area contributed by atoms with E-state index >= 15 is 0 Å². The molecule has 1 aliphatic heterocycles. The molecule has 1 aliphatic rings. The van der Waals surface area contributed by atoms with Gasteiger partial charge in [0.25, 0.3) is 0 Å². The molecule has 3 rings (SSSR count). The first kappa shape index (κ1) is 16.0. The Hall–Kier alpha value is -1.92. The fourth-order valence-corrected chi connectivity index (χ4v) is 3.21. The lowest BCUT2D eigenvalue weighted by Crippen LogP contribution is -2.28. The van der Waals surface area contributed by atoms with E-state index in [-0.39, 0.29) is 12.1 Å². The normalized spacial score (nSPS) is 21.7. The van der Waals surface area contributed by atoms with Gasteiger partial charge in [-0.3, -0.25) is 4.90 Å². The van der Waals surface area contributed by atoms with Crippen LogP contribution in [0.5, 0.6) is 5.75 Å². The molecule has 23 heavy (non-hydrogen) atoms. The van der Waals surface area contributed by atoms with Crippen LogP contribution in [0.15, 0.2) is 30.6 Å². The number of methoxy groups -OCH3 is 2. The van der Waals surface area contributed by atoms with Gasteiger partial charge in [-0.25, -0.2) is 0 Å². The van der Waals surface area contributed by atoms with Crippen LogP contribution in [0, 0.1) is 0 Å². The summed E-state index contributed by atoms with van der Waals surface area (Å²) in [5.74, 6) is 1.91. The summed E-state index contributed by atoms with van der Waals surface area (Å²) in [6.07, 6.45) is 3.98. The zero-order valence-electron chi connectivity index (χ0n) is 14.0. The van der Waals surface area contributed by atoms with Gasteiger partial charge in [0, 0.05) is 27.2 Å². The predicted molar refractivity (Wildman–Crippen MR) is 87.4 cm³/mol. The Morgan fingerprint density at radius 2 is 2.00 bits per heavy atom. The summed E-state index contributed by atoms with van der Waals surface area (Å²) >= 11 is 0. The number of aryl methyl sites for hydroxylation is 1. The number of hydrogen-bond donors (Lipinski definition) is 0. The number of likely N-dealkylation sites (tertiary alicyclic amines) is 1. The zero-order valence-corrected chi connectivity index (χ0v) is 14.0. The molecule has 1 saturated heterocycles. The first-order valence-corrected chi connectivity index (χ1v) is 7.95. The minimum absolute atomic E-state index is 0.257. The Morgan fingerprint density at radius 1 is 1.22 bits per heavy atom. The van der Waals surface area contributed by atoms with Crippen LogP contribution in [0.25, 0.3) is 0 Å². The average molecular weight is 316 g/mol. The Morgan fingerprint density at radius 3 is 2.61 bits per heavy atom. The maximum atomic E-state index is 5.58. The van der Waals surface area contributed by atoms with Gasteiger partial charge in [-0.2, -0.15) is 0 Å². The van der Waals surface area contributed by atoms with E-state index in [2.05, 4.69) is 27.2 Å². The van der Waals surface area contributed by atoms with E-state index in [0.29, 0.717) is 0 Å². The molecule has 0 unspecified atom stereocenters. The lowest BCUT2D eigenvalue weighted by molar-refractivity contribution is 0.108. The summed E-state index contributed by atoms with van der Waals surface area (Å²) in [5.41, 5.74) is 1.31. The summed E-state index contributed by atoms with van der Waals surface area (Å²) in [4.78, 5) is 2.45. The Balaban J connectivity index is 1.67. The van der Waals surface area contributed by atoms with Crippen LogP contribution in [0.1, 0.15) is 23.9 Å². The summed E-state index contributed by atoms with van der Waals surface area (Å²) in [7, 11) is 5.47. The van der Waals surface area contributed by atoms with Gasteiger partial charge in [0.15, 0.2) is 0 Å². The lowest BCUT2D eigenvalue weighted by atomic mass is 10.1. The third-order valence-corrected chi connectivity index (χ3v) is 4.59. The molecular weight excluding hydrogens is 292 g/mol. The zero-order chi connectivity index (χ0) is 16.2. The summed E-state index contributed by atoms with van der Waals surface area (Å²) in [5, 5.41) is 8.31. The number of ether oxygens (including phenoxy) is 2. The predicted octanol–water partition coefficient (Wildman–Crippen LogP) is 1.83. The molecule has 0 saturated carbocycles. The van der Waals surface area contributed by atoms with Crippen molar-refractivity contribution in [2.24, 2.45) is 7.05 Å². The van der Waals surface area contributed by atoms with Gasteiger partial charge in [-0.1, -0.05) is 12.1 Å². The van der Waals surface area contributed by atoms with E-state index in [1.807, 2.05) is 23.7 Å². The third-order valence-electron chi connectivity index (χ3n) is 4.59. The van der Waals surface area contributed by atoms with Crippen molar-refractivity contribution in [2.75, 3.05) is 27.3 Å². The third kappa shape index (κ3) is 3.54. The topological polar surface area (TPSA) is 52.4 Å². The molecule has 1 aromatic heterocycles. The highest BCUT2D eigenvalue weighted by molar-refractivity contribution is 5.27. The molecule has 0 bridgehead atoms. The minimum Gasteiger partial charge on any atom is -0.497 e. The van der Waals surface area contributed by atoms with Crippen molar-refractivity contribution < 1.29 is 9.47 Å². The second-order valence-corrected chi connectivity index (χ2v) is 6.00. The number of aromatic nitrogens is 3. The van der Waals surface area contributed by atoms with Gasteiger partial charge < -0.3 is 14.0 Å². The lowest BCUT2D eigenvalue weighted by Gasteiger charge is -2.23. The summed E-state index contributed by atoms with van der Waals surface area (Å²) in [6, 6.07) is 8.54. The molecule has 6 nitrogen and oxygen atoms in total. The second-order valence-electron chi connectivity index (χ2n) is 6.00. The molecule has 0 N–H and O–H groups in total. The maximum absolute atomic E-state index is 5.58. The SMILES string of the molecule is COc1ccc(CCN2C[C@H](OC)C[C@H]2c2nncn2C)cc1. The molecule has 2 atom stereocenters. The van der Waals surface area contributed by atoms with E-state index in [9.17, 15) is 0 Å². The maximum Gasteiger partial charge on any atom is 0.150 e. The molecule has 0 spiro atoms. The van der Waals surface area contributed by atoms with Crippen LogP contribution in [-0.2, 0) is 18.2 Å². The quantitative estimate of drug-likeness (QED) is 0.814. The van der Waals surface area contributed by atoms with Crippen molar-refractivity contribution in [1.82, 2.24) is 19.7 Å². The fourth-order valence-electron chi connectivity index (χ4n) is 3.21. The van der Waals surface area contributed by atoms with Crippen molar-refractivity contribution in [2.45, 2.75) is 25.0 Å². The van der Waals surface area contributed by atoms with Gasteiger partial charge in [0.1, 0.15) is 17.9 Å². The van der Waals surface area contributed by atoms with Gasteiger partial charge in [-0.15, -0.1) is 10.2 Å². The smallest absolute Gasteiger partial charge is 0.150 e. The van der Waals surface area contributed by atoms with Crippen LogP contribution in [0.2, 0.25) is 0 Å². The number of hydrogen-bond acceptors (Lipinski definition) is 5. The van der Waals surface area contributed by atoms with Gasteiger partial charge >= 0.3 is 0 Å². The number of rotatable bonds is 6. The van der Waals surface area contributed by atoms with E-state index in [4.69, 9.17) is 9.47 Å².